The molecule has 0 fully saturated rings. The monoisotopic (exact) mass is 386 g/mol. The number of carbonyl (C=O) groups excluding carboxylic acids is 1. The number of hydrogen-bond acceptors (Lipinski definition) is 5. The maximum atomic E-state index is 12.7. The molecule has 4 heterocycles. The third-order valence-corrected chi connectivity index (χ3v) is 4.88. The van der Waals surface area contributed by atoms with Gasteiger partial charge in [-0.3, -0.25) is 4.79 Å². The molecule has 26 heavy (non-hydrogen) atoms. The number of aromatic hydroxyl groups is 1. The van der Waals surface area contributed by atoms with Gasteiger partial charge in [-0.25, -0.2) is 9.97 Å². The second-order valence-corrected chi connectivity index (χ2v) is 7.13. The number of nitrogens with zero attached hydrogens (tertiary/aromatic N) is 4. The van der Waals surface area contributed by atoms with Gasteiger partial charge >= 0.3 is 11.8 Å². The third-order valence-electron chi connectivity index (χ3n) is 3.78. The molecule has 2 N–H and O–H groups in total. The van der Waals surface area contributed by atoms with E-state index in [9.17, 15) is 9.90 Å². The molecule has 7 nitrogen and oxygen atoms in total. The number of thiazole rings is 1. The molecule has 0 radical (unpaired) electrons. The van der Waals surface area contributed by atoms with Crippen molar-refractivity contribution < 1.29 is 14.5 Å². The number of fused-ring (bicyclic) bond motifs is 1. The average Bonchev–Trinajstić information content (AvgIpc) is 3.17. The van der Waals surface area contributed by atoms with Crippen molar-refractivity contribution in [3.63, 3.8) is 0 Å². The van der Waals surface area contributed by atoms with Gasteiger partial charge in [0.1, 0.15) is 12.4 Å². The van der Waals surface area contributed by atoms with Crippen molar-refractivity contribution in [2.24, 2.45) is 0 Å². The number of imidazole rings is 1. The van der Waals surface area contributed by atoms with Crippen molar-refractivity contribution in [3.05, 3.63) is 70.0 Å². The van der Waals surface area contributed by atoms with Crippen LogP contribution < -0.4 is 9.88 Å². The Morgan fingerprint density at radius 1 is 1.27 bits per heavy atom. The number of halogens is 1. The van der Waals surface area contributed by atoms with Crippen molar-refractivity contribution in [3.8, 4) is 5.88 Å². The van der Waals surface area contributed by atoms with Gasteiger partial charge in [-0.2, -0.15) is 8.97 Å². The fourth-order valence-electron chi connectivity index (χ4n) is 2.68. The summed E-state index contributed by atoms with van der Waals surface area (Å²) in [4.78, 5) is 21.7. The largest absolute Gasteiger partial charge is 0.474 e. The molecule has 4 rings (SSSR count). The van der Waals surface area contributed by atoms with Crippen LogP contribution in [0.15, 0.2) is 55.0 Å². The summed E-state index contributed by atoms with van der Waals surface area (Å²) in [5.74, 6) is -0.193. The Morgan fingerprint density at radius 2 is 2.12 bits per heavy atom. The highest BCUT2D eigenvalue weighted by molar-refractivity contribution is 7.15. The first-order chi connectivity index (χ1) is 12.6. The lowest BCUT2D eigenvalue weighted by atomic mass is 10.4. The van der Waals surface area contributed by atoms with Crippen LogP contribution in [-0.2, 0) is 6.54 Å². The predicted octanol–water partition coefficient (Wildman–Crippen LogP) is 2.74. The Morgan fingerprint density at radius 3 is 2.85 bits per heavy atom. The van der Waals surface area contributed by atoms with Gasteiger partial charge < -0.3 is 10.4 Å². The molecule has 0 aliphatic carbocycles. The summed E-state index contributed by atoms with van der Waals surface area (Å²) in [5.41, 5.74) is 0.794. The number of anilines is 1. The van der Waals surface area contributed by atoms with Crippen LogP contribution in [0.4, 0.5) is 5.82 Å². The highest BCUT2D eigenvalue weighted by Crippen LogP contribution is 2.22. The van der Waals surface area contributed by atoms with E-state index in [1.807, 2.05) is 12.1 Å². The lowest BCUT2D eigenvalue weighted by Crippen LogP contribution is -2.33. The molecule has 0 atom stereocenters. The van der Waals surface area contributed by atoms with Gasteiger partial charge in [0.05, 0.1) is 11.1 Å². The Hall–Kier alpha value is -2.97. The summed E-state index contributed by atoms with van der Waals surface area (Å²) in [6, 6.07) is 10.7. The third kappa shape index (κ3) is 3.00. The molecule has 1 amide bonds. The molecule has 0 saturated heterocycles. The zero-order valence-corrected chi connectivity index (χ0v) is 14.9. The van der Waals surface area contributed by atoms with Crippen LogP contribution in [0.2, 0.25) is 4.47 Å². The van der Waals surface area contributed by atoms with E-state index in [-0.39, 0.29) is 11.6 Å². The average molecular weight is 387 g/mol. The molecule has 0 spiro atoms. The minimum atomic E-state index is -0.455. The first kappa shape index (κ1) is 16.5. The van der Waals surface area contributed by atoms with Gasteiger partial charge in [0.25, 0.3) is 11.3 Å². The number of aromatic nitrogens is 4. The second kappa shape index (κ2) is 6.74. The van der Waals surface area contributed by atoms with Crippen molar-refractivity contribution in [2.45, 2.75) is 6.54 Å². The summed E-state index contributed by atoms with van der Waals surface area (Å²) in [7, 11) is 0. The van der Waals surface area contributed by atoms with Crippen LogP contribution in [0.1, 0.15) is 15.4 Å². The first-order valence-corrected chi connectivity index (χ1v) is 8.87. The second-order valence-electron chi connectivity index (χ2n) is 5.44. The Labute approximate surface area is 157 Å². The van der Waals surface area contributed by atoms with Gasteiger partial charge in [0.15, 0.2) is 4.47 Å². The number of hydrogen-bond donors (Lipinski definition) is 2. The molecule has 0 aliphatic heterocycles. The summed E-state index contributed by atoms with van der Waals surface area (Å²) >= 11 is 7.21. The SMILES string of the molecule is O=C(Nc1ccccn1)c1c(O)[n+](Cc2cnc(Cl)s2)c2ccccn12. The Kier molecular flexibility index (Phi) is 4.27. The molecule has 0 aliphatic rings. The van der Waals surface area contributed by atoms with E-state index >= 15 is 0 Å². The van der Waals surface area contributed by atoms with Crippen molar-refractivity contribution in [1.82, 2.24) is 14.4 Å². The van der Waals surface area contributed by atoms with Crippen LogP contribution >= 0.6 is 22.9 Å². The Balaban J connectivity index is 1.77. The topological polar surface area (TPSA) is 83.4 Å². The number of rotatable bonds is 4. The zero-order chi connectivity index (χ0) is 18.1. The Bertz CT molecular complexity index is 1090. The fraction of sp³-hybridized carbons (Fsp3) is 0.0588. The van der Waals surface area contributed by atoms with Crippen LogP contribution in [0, 0.1) is 0 Å². The van der Waals surface area contributed by atoms with E-state index in [1.165, 1.54) is 11.3 Å². The normalized spacial score (nSPS) is 11.0. The summed E-state index contributed by atoms with van der Waals surface area (Å²) in [6.45, 7) is 0.348. The standard InChI is InChI=1S/C17H12ClN5O2S/c18-17-20-9-11(26-17)10-23-13-6-2-4-8-22(13)14(16(23)25)15(24)21-12-5-1-3-7-19-12/h1-9H,10H2,(H-,19,21,24,25)/p+1. The number of pyridine rings is 2. The van der Waals surface area contributed by atoms with Crippen molar-refractivity contribution in [1.29, 1.82) is 0 Å². The highest BCUT2D eigenvalue weighted by atomic mass is 35.5. The summed E-state index contributed by atoms with van der Waals surface area (Å²) in [6.07, 6.45) is 4.96. The molecular formula is C17H13ClN5O2S+. The number of carbonyl (C=O) groups is 1. The lowest BCUT2D eigenvalue weighted by molar-refractivity contribution is -0.667. The molecule has 0 aromatic carbocycles. The number of nitrogens with one attached hydrogen (secondary N) is 1. The van der Waals surface area contributed by atoms with Crippen LogP contribution in [0.25, 0.3) is 5.65 Å². The lowest BCUT2D eigenvalue weighted by Gasteiger charge is -2.00. The highest BCUT2D eigenvalue weighted by Gasteiger charge is 2.31. The molecule has 0 unspecified atom stereocenters. The molecular weight excluding hydrogens is 374 g/mol. The van der Waals surface area contributed by atoms with Crippen LogP contribution in [0.3, 0.4) is 0 Å². The van der Waals surface area contributed by atoms with Crippen molar-refractivity contribution >= 4 is 40.3 Å². The van der Waals surface area contributed by atoms with E-state index in [4.69, 9.17) is 11.6 Å². The molecule has 4 aromatic rings. The first-order valence-electron chi connectivity index (χ1n) is 7.68. The minimum Gasteiger partial charge on any atom is -0.474 e. The van der Waals surface area contributed by atoms with Gasteiger partial charge in [-0.15, -0.1) is 11.3 Å². The smallest absolute Gasteiger partial charge is 0.337 e. The van der Waals surface area contributed by atoms with Gasteiger partial charge in [-0.1, -0.05) is 23.7 Å². The zero-order valence-electron chi connectivity index (χ0n) is 13.3. The van der Waals surface area contributed by atoms with E-state index in [0.717, 1.165) is 4.88 Å². The molecule has 0 saturated carbocycles. The van der Waals surface area contributed by atoms with E-state index in [0.29, 0.717) is 22.5 Å². The predicted molar refractivity (Wildman–Crippen MR) is 97.7 cm³/mol. The van der Waals surface area contributed by atoms with Gasteiger partial charge in [-0.05, 0) is 18.2 Å². The van der Waals surface area contributed by atoms with E-state index in [2.05, 4.69) is 15.3 Å². The number of amides is 1. The maximum absolute atomic E-state index is 12.7. The molecule has 9 heteroatoms. The van der Waals surface area contributed by atoms with Gasteiger partial charge in [0.2, 0.25) is 0 Å². The maximum Gasteiger partial charge on any atom is 0.337 e. The molecule has 0 bridgehead atoms. The van der Waals surface area contributed by atoms with E-state index < -0.39 is 5.91 Å². The summed E-state index contributed by atoms with van der Waals surface area (Å²) in [5, 5.41) is 13.4. The van der Waals surface area contributed by atoms with Gasteiger partial charge in [0, 0.05) is 18.5 Å². The minimum absolute atomic E-state index is 0.127. The van der Waals surface area contributed by atoms with Crippen LogP contribution in [-0.4, -0.2) is 25.4 Å². The van der Waals surface area contributed by atoms with Crippen molar-refractivity contribution in [2.75, 3.05) is 5.32 Å². The quantitative estimate of drug-likeness (QED) is 0.528. The fourth-order valence-corrected chi connectivity index (χ4v) is 3.65. The van der Waals surface area contributed by atoms with E-state index in [1.54, 1.807) is 51.8 Å². The molecule has 4 aromatic heterocycles. The summed E-state index contributed by atoms with van der Waals surface area (Å²) < 4.78 is 3.70. The van der Waals surface area contributed by atoms with Crippen LogP contribution in [0.5, 0.6) is 5.88 Å². The molecule has 130 valence electrons.